The van der Waals surface area contributed by atoms with Crippen molar-refractivity contribution in [1.82, 2.24) is 5.32 Å². The third kappa shape index (κ3) is 2.20. The number of ether oxygens (including phenoxy) is 2. The van der Waals surface area contributed by atoms with Crippen molar-refractivity contribution in [2.75, 3.05) is 12.5 Å². The average Bonchev–Trinajstić information content (AvgIpc) is 2.97. The van der Waals surface area contributed by atoms with Crippen LogP contribution in [0.5, 0.6) is 11.5 Å². The van der Waals surface area contributed by atoms with Gasteiger partial charge >= 0.3 is 0 Å². The standard InChI is InChI=1S/C14H18N2O3/c1-8-3-2-4-11(8)16-14(17)9-5-12-13(6-10(9)15)19-7-18-12/h5-6,8,11H,2-4,7,15H2,1H3,(H,16,17). The maximum atomic E-state index is 12.3. The van der Waals surface area contributed by atoms with Gasteiger partial charge in [-0.05, 0) is 24.8 Å². The van der Waals surface area contributed by atoms with Crippen molar-refractivity contribution in [3.8, 4) is 11.5 Å². The fourth-order valence-corrected chi connectivity index (χ4v) is 2.76. The van der Waals surface area contributed by atoms with Crippen molar-refractivity contribution in [2.24, 2.45) is 5.92 Å². The number of anilines is 1. The maximum Gasteiger partial charge on any atom is 0.253 e. The lowest BCUT2D eigenvalue weighted by Gasteiger charge is -2.18. The van der Waals surface area contributed by atoms with Crippen molar-refractivity contribution < 1.29 is 14.3 Å². The van der Waals surface area contributed by atoms with Crippen molar-refractivity contribution in [2.45, 2.75) is 32.2 Å². The van der Waals surface area contributed by atoms with Crippen molar-refractivity contribution >= 4 is 11.6 Å². The highest BCUT2D eigenvalue weighted by Crippen LogP contribution is 2.36. The fraction of sp³-hybridized carbons (Fsp3) is 0.500. The molecule has 0 spiro atoms. The number of carbonyl (C=O) groups is 1. The van der Waals surface area contributed by atoms with Gasteiger partial charge in [0.2, 0.25) is 6.79 Å². The summed E-state index contributed by atoms with van der Waals surface area (Å²) in [7, 11) is 0. The van der Waals surface area contributed by atoms with Gasteiger partial charge in [-0.25, -0.2) is 0 Å². The van der Waals surface area contributed by atoms with Crippen LogP contribution in [0, 0.1) is 5.92 Å². The largest absolute Gasteiger partial charge is 0.454 e. The predicted molar refractivity (Wildman–Crippen MR) is 71.2 cm³/mol. The quantitative estimate of drug-likeness (QED) is 0.798. The first-order valence-corrected chi connectivity index (χ1v) is 6.65. The summed E-state index contributed by atoms with van der Waals surface area (Å²) in [5, 5.41) is 3.06. The first-order valence-electron chi connectivity index (χ1n) is 6.65. The molecule has 2 aliphatic rings. The van der Waals surface area contributed by atoms with Crippen LogP contribution in [-0.4, -0.2) is 18.7 Å². The number of rotatable bonds is 2. The number of carbonyl (C=O) groups excluding carboxylic acids is 1. The van der Waals surface area contributed by atoms with E-state index in [1.54, 1.807) is 12.1 Å². The van der Waals surface area contributed by atoms with Crippen LogP contribution >= 0.6 is 0 Å². The van der Waals surface area contributed by atoms with E-state index in [1.807, 2.05) is 0 Å². The molecule has 0 radical (unpaired) electrons. The summed E-state index contributed by atoms with van der Waals surface area (Å²) in [6.45, 7) is 2.35. The van der Waals surface area contributed by atoms with Gasteiger partial charge in [0.15, 0.2) is 11.5 Å². The molecule has 0 saturated heterocycles. The molecule has 2 unspecified atom stereocenters. The van der Waals surface area contributed by atoms with E-state index in [0.29, 0.717) is 28.7 Å². The Morgan fingerprint density at radius 2 is 2.05 bits per heavy atom. The molecule has 1 amide bonds. The smallest absolute Gasteiger partial charge is 0.253 e. The number of nitrogens with two attached hydrogens (primary N) is 1. The molecule has 1 heterocycles. The van der Waals surface area contributed by atoms with Crippen molar-refractivity contribution in [1.29, 1.82) is 0 Å². The van der Waals surface area contributed by atoms with E-state index in [-0.39, 0.29) is 18.7 Å². The molecule has 1 aliphatic heterocycles. The lowest BCUT2D eigenvalue weighted by Crippen LogP contribution is -2.36. The molecular weight excluding hydrogens is 244 g/mol. The van der Waals surface area contributed by atoms with E-state index in [9.17, 15) is 4.79 Å². The van der Waals surface area contributed by atoms with Crippen LogP contribution in [0.4, 0.5) is 5.69 Å². The molecule has 1 aliphatic carbocycles. The summed E-state index contributed by atoms with van der Waals surface area (Å²) < 4.78 is 10.5. The van der Waals surface area contributed by atoms with Crippen LogP contribution in [0.3, 0.4) is 0 Å². The molecular formula is C14H18N2O3. The van der Waals surface area contributed by atoms with Gasteiger partial charge in [0, 0.05) is 17.8 Å². The SMILES string of the molecule is CC1CCCC1NC(=O)c1cc2c(cc1N)OCO2. The minimum absolute atomic E-state index is 0.130. The highest BCUT2D eigenvalue weighted by Gasteiger charge is 2.27. The molecule has 1 aromatic rings. The third-order valence-electron chi connectivity index (χ3n) is 3.97. The van der Waals surface area contributed by atoms with E-state index < -0.39 is 0 Å². The van der Waals surface area contributed by atoms with E-state index in [2.05, 4.69) is 12.2 Å². The minimum atomic E-state index is -0.130. The molecule has 1 fully saturated rings. The lowest BCUT2D eigenvalue weighted by atomic mass is 10.1. The van der Waals surface area contributed by atoms with Crippen LogP contribution in [0.2, 0.25) is 0 Å². The molecule has 0 aromatic heterocycles. The normalized spacial score (nSPS) is 24.5. The number of hydrogen-bond donors (Lipinski definition) is 2. The summed E-state index contributed by atoms with van der Waals surface area (Å²) >= 11 is 0. The van der Waals surface area contributed by atoms with Gasteiger partial charge in [-0.1, -0.05) is 13.3 Å². The lowest BCUT2D eigenvalue weighted by molar-refractivity contribution is 0.0930. The summed E-state index contributed by atoms with van der Waals surface area (Å²) in [4.78, 5) is 12.3. The van der Waals surface area contributed by atoms with Crippen LogP contribution in [0.1, 0.15) is 36.5 Å². The molecule has 2 atom stereocenters. The van der Waals surface area contributed by atoms with Gasteiger partial charge in [0.25, 0.3) is 5.91 Å². The van der Waals surface area contributed by atoms with Crippen molar-refractivity contribution in [3.63, 3.8) is 0 Å². The van der Waals surface area contributed by atoms with Crippen LogP contribution < -0.4 is 20.5 Å². The zero-order valence-electron chi connectivity index (χ0n) is 10.9. The maximum absolute atomic E-state index is 12.3. The summed E-state index contributed by atoms with van der Waals surface area (Å²) in [5.74, 6) is 1.58. The molecule has 1 saturated carbocycles. The first-order chi connectivity index (χ1) is 9.15. The van der Waals surface area contributed by atoms with Crippen LogP contribution in [0.25, 0.3) is 0 Å². The van der Waals surface area contributed by atoms with E-state index >= 15 is 0 Å². The molecule has 1 aromatic carbocycles. The molecule has 0 bridgehead atoms. The first kappa shape index (κ1) is 12.1. The monoisotopic (exact) mass is 262 g/mol. The van der Waals surface area contributed by atoms with Gasteiger partial charge in [-0.15, -0.1) is 0 Å². The van der Waals surface area contributed by atoms with Crippen LogP contribution in [0.15, 0.2) is 12.1 Å². The van der Waals surface area contributed by atoms with Crippen LogP contribution in [-0.2, 0) is 0 Å². The second-order valence-corrected chi connectivity index (χ2v) is 5.28. The molecule has 5 heteroatoms. The Hall–Kier alpha value is -1.91. The van der Waals surface area contributed by atoms with Gasteiger partial charge in [-0.2, -0.15) is 0 Å². The zero-order chi connectivity index (χ0) is 13.4. The Labute approximate surface area is 112 Å². The number of hydrogen-bond acceptors (Lipinski definition) is 4. The van der Waals surface area contributed by atoms with Gasteiger partial charge in [0.1, 0.15) is 0 Å². The number of fused-ring (bicyclic) bond motifs is 1. The van der Waals surface area contributed by atoms with E-state index in [0.717, 1.165) is 6.42 Å². The second-order valence-electron chi connectivity index (χ2n) is 5.28. The second kappa shape index (κ2) is 4.64. The zero-order valence-corrected chi connectivity index (χ0v) is 10.9. The summed E-state index contributed by atoms with van der Waals surface area (Å²) in [5.41, 5.74) is 6.79. The number of nitrogens with one attached hydrogen (secondary N) is 1. The number of nitrogen functional groups attached to an aromatic ring is 1. The predicted octanol–water partition coefficient (Wildman–Crippen LogP) is 1.92. The summed E-state index contributed by atoms with van der Waals surface area (Å²) in [6.07, 6.45) is 3.38. The van der Waals surface area contributed by atoms with Gasteiger partial charge in [-0.3, -0.25) is 4.79 Å². The fourth-order valence-electron chi connectivity index (χ4n) is 2.76. The Bertz CT molecular complexity index is 516. The summed E-state index contributed by atoms with van der Waals surface area (Å²) in [6, 6.07) is 3.56. The Morgan fingerprint density at radius 3 is 2.74 bits per heavy atom. The van der Waals surface area contributed by atoms with Gasteiger partial charge in [0.05, 0.1) is 5.56 Å². The average molecular weight is 262 g/mol. The van der Waals surface area contributed by atoms with Crippen molar-refractivity contribution in [3.05, 3.63) is 17.7 Å². The Balaban J connectivity index is 1.80. The highest BCUT2D eigenvalue weighted by molar-refractivity contribution is 6.00. The Morgan fingerprint density at radius 1 is 1.32 bits per heavy atom. The molecule has 102 valence electrons. The Kier molecular flexibility index (Phi) is 2.97. The minimum Gasteiger partial charge on any atom is -0.454 e. The molecule has 19 heavy (non-hydrogen) atoms. The third-order valence-corrected chi connectivity index (χ3v) is 3.97. The van der Waals surface area contributed by atoms with E-state index in [4.69, 9.17) is 15.2 Å². The van der Waals surface area contributed by atoms with Gasteiger partial charge < -0.3 is 20.5 Å². The van der Waals surface area contributed by atoms with E-state index in [1.165, 1.54) is 12.8 Å². The number of benzene rings is 1. The molecule has 3 rings (SSSR count). The number of amides is 1. The highest BCUT2D eigenvalue weighted by atomic mass is 16.7. The topological polar surface area (TPSA) is 73.6 Å². The molecule has 5 nitrogen and oxygen atoms in total. The molecule has 3 N–H and O–H groups in total.